The Bertz CT molecular complexity index is 685. The maximum absolute atomic E-state index is 11.9. The third-order valence-electron chi connectivity index (χ3n) is 2.97. The summed E-state index contributed by atoms with van der Waals surface area (Å²) >= 11 is 0. The molecular weight excluding hydrogens is 270 g/mol. The van der Waals surface area contributed by atoms with Crippen LogP contribution in [0.15, 0.2) is 30.3 Å². The normalized spacial score (nSPS) is 11.9. The van der Waals surface area contributed by atoms with Crippen LogP contribution in [0.3, 0.4) is 0 Å². The number of para-hydroxylation sites is 1. The van der Waals surface area contributed by atoms with Crippen LogP contribution < -0.4 is 10.6 Å². The van der Waals surface area contributed by atoms with Gasteiger partial charge >= 0.3 is 12.0 Å². The Kier molecular flexibility index (Phi) is 4.37. The second-order valence-corrected chi connectivity index (χ2v) is 4.93. The zero-order valence-electron chi connectivity index (χ0n) is 11.9. The number of nitrogens with zero attached hydrogens (tertiary/aromatic N) is 1. The Morgan fingerprint density at radius 1 is 1.29 bits per heavy atom. The van der Waals surface area contributed by atoms with Gasteiger partial charge in [0.15, 0.2) is 0 Å². The summed E-state index contributed by atoms with van der Waals surface area (Å²) in [5.41, 5.74) is 2.16. The molecule has 110 valence electrons. The first-order valence-electron chi connectivity index (χ1n) is 6.61. The fourth-order valence-corrected chi connectivity index (χ4v) is 2.04. The number of aliphatic carboxylic acids is 1. The highest BCUT2D eigenvalue weighted by atomic mass is 16.4. The second-order valence-electron chi connectivity index (χ2n) is 4.93. The van der Waals surface area contributed by atoms with Gasteiger partial charge in [-0.3, -0.25) is 9.78 Å². The van der Waals surface area contributed by atoms with E-state index in [-0.39, 0.29) is 6.42 Å². The van der Waals surface area contributed by atoms with E-state index in [4.69, 9.17) is 5.11 Å². The number of rotatable bonds is 4. The van der Waals surface area contributed by atoms with Crippen LogP contribution in [0.1, 0.15) is 19.0 Å². The number of carboxylic acid groups (broad SMARTS) is 1. The number of pyridine rings is 1. The molecular formula is C15H17N3O3. The molecule has 6 nitrogen and oxygen atoms in total. The third-order valence-corrected chi connectivity index (χ3v) is 2.97. The van der Waals surface area contributed by atoms with Gasteiger partial charge in [-0.25, -0.2) is 4.79 Å². The molecule has 0 radical (unpaired) electrons. The Morgan fingerprint density at radius 3 is 2.76 bits per heavy atom. The summed E-state index contributed by atoms with van der Waals surface area (Å²) in [7, 11) is 0. The van der Waals surface area contributed by atoms with Gasteiger partial charge in [-0.1, -0.05) is 18.2 Å². The van der Waals surface area contributed by atoms with E-state index in [1.54, 1.807) is 13.0 Å². The number of fused-ring (bicyclic) bond motifs is 1. The van der Waals surface area contributed by atoms with Crippen molar-refractivity contribution in [3.8, 4) is 0 Å². The van der Waals surface area contributed by atoms with Crippen molar-refractivity contribution in [1.29, 1.82) is 0 Å². The lowest BCUT2D eigenvalue weighted by Crippen LogP contribution is -2.37. The van der Waals surface area contributed by atoms with Crippen LogP contribution in [0.5, 0.6) is 0 Å². The number of benzene rings is 1. The van der Waals surface area contributed by atoms with E-state index in [9.17, 15) is 9.59 Å². The van der Waals surface area contributed by atoms with Crippen LogP contribution in [0.4, 0.5) is 10.5 Å². The van der Waals surface area contributed by atoms with E-state index in [1.807, 2.05) is 31.2 Å². The van der Waals surface area contributed by atoms with E-state index in [0.29, 0.717) is 11.2 Å². The third kappa shape index (κ3) is 3.92. The predicted molar refractivity (Wildman–Crippen MR) is 80.3 cm³/mol. The molecule has 1 aromatic carbocycles. The molecule has 0 saturated heterocycles. The minimum absolute atomic E-state index is 0.125. The summed E-state index contributed by atoms with van der Waals surface area (Å²) in [4.78, 5) is 26.9. The number of carbonyl (C=O) groups excluding carboxylic acids is 1. The van der Waals surface area contributed by atoms with E-state index in [1.165, 1.54) is 0 Å². The summed E-state index contributed by atoms with van der Waals surface area (Å²) in [6, 6.07) is 8.45. The number of carboxylic acids is 1. The van der Waals surface area contributed by atoms with Crippen molar-refractivity contribution >= 4 is 28.6 Å². The van der Waals surface area contributed by atoms with Crippen molar-refractivity contribution in [2.24, 2.45) is 0 Å². The fourth-order valence-electron chi connectivity index (χ4n) is 2.04. The molecule has 1 unspecified atom stereocenters. The average Bonchev–Trinajstić information content (AvgIpc) is 2.38. The fraction of sp³-hybridized carbons (Fsp3) is 0.267. The SMILES string of the molecule is Cc1ccc2cccc(NC(=O)NC(C)CC(=O)O)c2n1. The van der Waals surface area contributed by atoms with Gasteiger partial charge in [0.2, 0.25) is 0 Å². The molecule has 21 heavy (non-hydrogen) atoms. The van der Waals surface area contributed by atoms with Crippen molar-refractivity contribution in [3.05, 3.63) is 36.0 Å². The predicted octanol–water partition coefficient (Wildman–Crippen LogP) is 2.53. The van der Waals surface area contributed by atoms with Crippen LogP contribution in [0.2, 0.25) is 0 Å². The average molecular weight is 287 g/mol. The zero-order valence-corrected chi connectivity index (χ0v) is 11.9. The summed E-state index contributed by atoms with van der Waals surface area (Å²) in [6.45, 7) is 3.52. The monoisotopic (exact) mass is 287 g/mol. The quantitative estimate of drug-likeness (QED) is 0.805. The van der Waals surface area contributed by atoms with Crippen LogP contribution in [-0.2, 0) is 4.79 Å². The highest BCUT2D eigenvalue weighted by molar-refractivity contribution is 5.99. The molecule has 6 heteroatoms. The lowest BCUT2D eigenvalue weighted by atomic mass is 10.2. The van der Waals surface area contributed by atoms with Crippen molar-refractivity contribution in [3.63, 3.8) is 0 Å². The van der Waals surface area contributed by atoms with E-state index >= 15 is 0 Å². The first-order chi connectivity index (χ1) is 9.95. The van der Waals surface area contributed by atoms with Gasteiger partial charge in [-0.2, -0.15) is 0 Å². The van der Waals surface area contributed by atoms with E-state index < -0.39 is 18.0 Å². The molecule has 2 amide bonds. The highest BCUT2D eigenvalue weighted by Gasteiger charge is 2.12. The molecule has 0 bridgehead atoms. The molecule has 3 N–H and O–H groups in total. The first kappa shape index (κ1) is 14.8. The van der Waals surface area contributed by atoms with Crippen LogP contribution in [0.25, 0.3) is 10.9 Å². The number of nitrogens with one attached hydrogen (secondary N) is 2. The number of aromatic nitrogens is 1. The van der Waals surface area contributed by atoms with Gasteiger partial charge in [0, 0.05) is 17.1 Å². The molecule has 0 aliphatic carbocycles. The molecule has 0 fully saturated rings. The topological polar surface area (TPSA) is 91.3 Å². The zero-order chi connectivity index (χ0) is 15.4. The number of anilines is 1. The Labute approximate surface area is 122 Å². The van der Waals surface area contributed by atoms with Crippen molar-refractivity contribution in [2.45, 2.75) is 26.3 Å². The maximum Gasteiger partial charge on any atom is 0.319 e. The van der Waals surface area contributed by atoms with Crippen molar-refractivity contribution in [1.82, 2.24) is 10.3 Å². The van der Waals surface area contributed by atoms with E-state index in [2.05, 4.69) is 15.6 Å². The molecule has 2 aromatic rings. The van der Waals surface area contributed by atoms with Gasteiger partial charge in [0.05, 0.1) is 17.6 Å². The Balaban J connectivity index is 2.14. The minimum atomic E-state index is -0.953. The lowest BCUT2D eigenvalue weighted by Gasteiger charge is -2.13. The highest BCUT2D eigenvalue weighted by Crippen LogP contribution is 2.21. The van der Waals surface area contributed by atoms with Gasteiger partial charge in [0.25, 0.3) is 0 Å². The largest absolute Gasteiger partial charge is 0.481 e. The molecule has 1 heterocycles. The molecule has 2 rings (SSSR count). The lowest BCUT2D eigenvalue weighted by molar-refractivity contribution is -0.137. The van der Waals surface area contributed by atoms with E-state index in [0.717, 1.165) is 11.1 Å². The molecule has 1 aromatic heterocycles. The number of urea groups is 1. The van der Waals surface area contributed by atoms with Crippen molar-refractivity contribution < 1.29 is 14.7 Å². The number of carbonyl (C=O) groups is 2. The summed E-state index contributed by atoms with van der Waals surface area (Å²) < 4.78 is 0. The van der Waals surface area contributed by atoms with Crippen molar-refractivity contribution in [2.75, 3.05) is 5.32 Å². The molecule has 0 aliphatic rings. The smallest absolute Gasteiger partial charge is 0.319 e. The second kappa shape index (κ2) is 6.21. The first-order valence-corrected chi connectivity index (χ1v) is 6.61. The van der Waals surface area contributed by atoms with Crippen LogP contribution in [-0.4, -0.2) is 28.1 Å². The van der Waals surface area contributed by atoms with Crippen LogP contribution in [0, 0.1) is 6.92 Å². The van der Waals surface area contributed by atoms with Crippen LogP contribution >= 0.6 is 0 Å². The number of aryl methyl sites for hydroxylation is 1. The van der Waals surface area contributed by atoms with Gasteiger partial charge < -0.3 is 15.7 Å². The standard InChI is InChI=1S/C15H17N3O3/c1-9-6-7-11-4-3-5-12(14(11)16-9)18-15(21)17-10(2)8-13(19)20/h3-7,10H,8H2,1-2H3,(H,19,20)(H2,17,18,21). The van der Waals surface area contributed by atoms with Gasteiger partial charge in [0.1, 0.15) is 0 Å². The minimum Gasteiger partial charge on any atom is -0.481 e. The summed E-state index contributed by atoms with van der Waals surface area (Å²) in [5.74, 6) is -0.953. The molecule has 0 saturated carbocycles. The summed E-state index contributed by atoms with van der Waals surface area (Å²) in [6.07, 6.45) is -0.125. The Morgan fingerprint density at radius 2 is 2.05 bits per heavy atom. The maximum atomic E-state index is 11.9. The Hall–Kier alpha value is -2.63. The number of hydrogen-bond donors (Lipinski definition) is 3. The summed E-state index contributed by atoms with van der Waals surface area (Å²) in [5, 5.41) is 14.9. The van der Waals surface area contributed by atoms with Gasteiger partial charge in [-0.05, 0) is 26.0 Å². The number of hydrogen-bond acceptors (Lipinski definition) is 3. The molecule has 0 spiro atoms. The molecule has 1 atom stereocenters. The number of amides is 2. The molecule has 0 aliphatic heterocycles. The van der Waals surface area contributed by atoms with Gasteiger partial charge in [-0.15, -0.1) is 0 Å².